The Labute approximate surface area is 150 Å². The van der Waals surface area contributed by atoms with E-state index in [1.54, 1.807) is 30.3 Å². The van der Waals surface area contributed by atoms with E-state index in [-0.39, 0.29) is 11.4 Å². The van der Waals surface area contributed by atoms with E-state index in [9.17, 15) is 14.3 Å². The Hall–Kier alpha value is -3.47. The molecule has 0 aliphatic heterocycles. The highest BCUT2D eigenvalue weighted by Gasteiger charge is 2.18. The molecule has 0 aliphatic rings. The average molecular weight is 348 g/mol. The predicted octanol–water partition coefficient (Wildman–Crippen LogP) is 4.98. The minimum Gasteiger partial charge on any atom is -0.478 e. The van der Waals surface area contributed by atoms with Crippen LogP contribution in [0.5, 0.6) is 0 Å². The normalized spacial score (nSPS) is 12.0. The number of carboxylic acid groups (broad SMARTS) is 1. The summed E-state index contributed by atoms with van der Waals surface area (Å²) in [4.78, 5) is 11.3. The molecule has 0 radical (unpaired) electrons. The number of nitrogens with zero attached hydrogens (tertiary/aromatic N) is 2. The van der Waals surface area contributed by atoms with Crippen molar-refractivity contribution in [1.82, 2.24) is 9.61 Å². The summed E-state index contributed by atoms with van der Waals surface area (Å²) in [6, 6.07) is 9.31. The monoisotopic (exact) mass is 348 g/mol. The highest BCUT2D eigenvalue weighted by atomic mass is 19.1. The highest BCUT2D eigenvalue weighted by molar-refractivity contribution is 5.94. The zero-order valence-corrected chi connectivity index (χ0v) is 14.2. The maximum atomic E-state index is 13.3. The SMILES string of the molecule is C=C/C=C(\C=C/C)c1c(-c2ccc(F)cc2)nn2cc(C(=O)O)ccc12. The van der Waals surface area contributed by atoms with E-state index in [2.05, 4.69) is 11.7 Å². The molecule has 0 atom stereocenters. The first kappa shape index (κ1) is 17.4. The number of benzene rings is 1. The molecule has 0 saturated heterocycles. The van der Waals surface area contributed by atoms with Gasteiger partial charge < -0.3 is 5.11 Å². The number of rotatable bonds is 5. The number of hydrogen-bond donors (Lipinski definition) is 1. The van der Waals surface area contributed by atoms with Gasteiger partial charge >= 0.3 is 5.97 Å². The molecule has 0 amide bonds. The maximum Gasteiger partial charge on any atom is 0.337 e. The van der Waals surface area contributed by atoms with Gasteiger partial charge in [0.15, 0.2) is 0 Å². The summed E-state index contributed by atoms with van der Waals surface area (Å²) in [7, 11) is 0. The second-order valence-corrected chi connectivity index (χ2v) is 5.64. The van der Waals surface area contributed by atoms with Crippen LogP contribution in [-0.4, -0.2) is 20.7 Å². The molecule has 4 nitrogen and oxygen atoms in total. The molecule has 0 aliphatic carbocycles. The fourth-order valence-corrected chi connectivity index (χ4v) is 2.80. The number of aromatic nitrogens is 2. The van der Waals surface area contributed by atoms with E-state index in [1.807, 2.05) is 25.2 Å². The number of carboxylic acids is 1. The van der Waals surface area contributed by atoms with Crippen molar-refractivity contribution in [2.75, 3.05) is 0 Å². The Kier molecular flexibility index (Phi) is 4.80. The highest BCUT2D eigenvalue weighted by Crippen LogP contribution is 2.33. The fourth-order valence-electron chi connectivity index (χ4n) is 2.80. The number of fused-ring (bicyclic) bond motifs is 1. The Morgan fingerprint density at radius 2 is 1.96 bits per heavy atom. The van der Waals surface area contributed by atoms with Crippen molar-refractivity contribution in [1.29, 1.82) is 0 Å². The predicted molar refractivity (Wildman–Crippen MR) is 101 cm³/mol. The molecule has 26 heavy (non-hydrogen) atoms. The van der Waals surface area contributed by atoms with Crippen molar-refractivity contribution in [3.05, 3.63) is 90.4 Å². The Balaban J connectivity index is 2.35. The van der Waals surface area contributed by atoms with Crippen LogP contribution >= 0.6 is 0 Å². The van der Waals surface area contributed by atoms with E-state index >= 15 is 0 Å². The Bertz CT molecular complexity index is 1040. The topological polar surface area (TPSA) is 54.6 Å². The molecule has 0 bridgehead atoms. The van der Waals surface area contributed by atoms with Gasteiger partial charge in [0, 0.05) is 17.3 Å². The van der Waals surface area contributed by atoms with Crippen LogP contribution in [0.3, 0.4) is 0 Å². The van der Waals surface area contributed by atoms with Crippen molar-refractivity contribution in [2.24, 2.45) is 0 Å². The average Bonchev–Trinajstić information content (AvgIpc) is 3.00. The molecule has 0 saturated carbocycles. The molecule has 2 aromatic heterocycles. The van der Waals surface area contributed by atoms with Gasteiger partial charge in [-0.25, -0.2) is 13.7 Å². The first-order chi connectivity index (χ1) is 12.5. The van der Waals surface area contributed by atoms with E-state index < -0.39 is 5.97 Å². The lowest BCUT2D eigenvalue weighted by atomic mass is 9.98. The van der Waals surface area contributed by atoms with Gasteiger partial charge in [0.2, 0.25) is 0 Å². The minimum absolute atomic E-state index is 0.137. The van der Waals surface area contributed by atoms with Crippen molar-refractivity contribution >= 4 is 17.1 Å². The van der Waals surface area contributed by atoms with Crippen molar-refractivity contribution in [3.8, 4) is 11.3 Å². The van der Waals surface area contributed by atoms with Crippen LogP contribution in [0.25, 0.3) is 22.3 Å². The third kappa shape index (κ3) is 3.19. The molecule has 1 aromatic carbocycles. The summed E-state index contributed by atoms with van der Waals surface area (Å²) in [5, 5.41) is 13.8. The lowest BCUT2D eigenvalue weighted by Gasteiger charge is -2.05. The second kappa shape index (κ2) is 7.19. The summed E-state index contributed by atoms with van der Waals surface area (Å²) in [5.41, 5.74) is 3.96. The van der Waals surface area contributed by atoms with Crippen molar-refractivity contribution < 1.29 is 14.3 Å². The first-order valence-electron chi connectivity index (χ1n) is 8.02. The first-order valence-corrected chi connectivity index (χ1v) is 8.02. The van der Waals surface area contributed by atoms with E-state index in [0.717, 1.165) is 22.2 Å². The van der Waals surface area contributed by atoms with Crippen LogP contribution < -0.4 is 0 Å². The molecule has 0 fully saturated rings. The maximum absolute atomic E-state index is 13.3. The molecule has 1 N–H and O–H groups in total. The van der Waals surface area contributed by atoms with Crippen LogP contribution in [0, 0.1) is 5.82 Å². The van der Waals surface area contributed by atoms with Gasteiger partial charge in [-0.2, -0.15) is 5.10 Å². The van der Waals surface area contributed by atoms with Gasteiger partial charge in [-0.1, -0.05) is 30.9 Å². The summed E-state index contributed by atoms with van der Waals surface area (Å²) in [5.74, 6) is -1.36. The Morgan fingerprint density at radius 3 is 2.58 bits per heavy atom. The molecule has 130 valence electrons. The Morgan fingerprint density at radius 1 is 1.23 bits per heavy atom. The zero-order chi connectivity index (χ0) is 18.7. The number of halogens is 1. The number of aromatic carboxylic acids is 1. The van der Waals surface area contributed by atoms with Gasteiger partial charge in [-0.15, -0.1) is 0 Å². The van der Waals surface area contributed by atoms with Crippen LogP contribution in [0.1, 0.15) is 22.8 Å². The molecule has 0 unspecified atom stereocenters. The summed E-state index contributed by atoms with van der Waals surface area (Å²) >= 11 is 0. The molecule has 5 heteroatoms. The summed E-state index contributed by atoms with van der Waals surface area (Å²) in [6.07, 6.45) is 8.83. The van der Waals surface area contributed by atoms with Crippen molar-refractivity contribution in [3.63, 3.8) is 0 Å². The third-order valence-electron chi connectivity index (χ3n) is 3.93. The molecular formula is C21H17FN2O2. The molecular weight excluding hydrogens is 331 g/mol. The lowest BCUT2D eigenvalue weighted by Crippen LogP contribution is -1.99. The van der Waals surface area contributed by atoms with Gasteiger partial charge in [0.05, 0.1) is 11.1 Å². The van der Waals surface area contributed by atoms with Crippen LogP contribution in [0.15, 0.2) is 73.5 Å². The number of carbonyl (C=O) groups is 1. The minimum atomic E-state index is -1.03. The standard InChI is InChI=1S/C21H17FN2O2/c1-3-5-14(6-4-2)19-18-12-9-16(21(25)26)13-24(18)23-20(19)15-7-10-17(22)11-8-15/h3-13H,1H2,2H3,(H,25,26)/b6-4-,14-5+. The molecule has 2 heterocycles. The smallest absolute Gasteiger partial charge is 0.337 e. The molecule has 3 rings (SSSR count). The number of allylic oxidation sites excluding steroid dienone is 5. The molecule has 3 aromatic rings. The second-order valence-electron chi connectivity index (χ2n) is 5.64. The van der Waals surface area contributed by atoms with Gasteiger partial charge in [0.25, 0.3) is 0 Å². The van der Waals surface area contributed by atoms with E-state index in [0.29, 0.717) is 5.69 Å². The quantitative estimate of drug-likeness (QED) is 0.661. The summed E-state index contributed by atoms with van der Waals surface area (Å²) < 4.78 is 14.9. The zero-order valence-electron chi connectivity index (χ0n) is 14.2. The molecule has 0 spiro atoms. The number of pyridine rings is 1. The van der Waals surface area contributed by atoms with Gasteiger partial charge in [0.1, 0.15) is 11.5 Å². The van der Waals surface area contributed by atoms with Crippen molar-refractivity contribution in [2.45, 2.75) is 6.92 Å². The third-order valence-corrected chi connectivity index (χ3v) is 3.93. The van der Waals surface area contributed by atoms with E-state index in [1.165, 1.54) is 22.8 Å². The number of hydrogen-bond acceptors (Lipinski definition) is 2. The van der Waals surface area contributed by atoms with Crippen LogP contribution in [0.4, 0.5) is 4.39 Å². The summed E-state index contributed by atoms with van der Waals surface area (Å²) in [6.45, 7) is 5.66. The lowest BCUT2D eigenvalue weighted by molar-refractivity contribution is 0.0696. The largest absolute Gasteiger partial charge is 0.478 e. The van der Waals surface area contributed by atoms with Crippen LogP contribution in [0.2, 0.25) is 0 Å². The van der Waals surface area contributed by atoms with Gasteiger partial charge in [-0.05, 0) is 48.9 Å². The van der Waals surface area contributed by atoms with Crippen LogP contribution in [-0.2, 0) is 0 Å². The van der Waals surface area contributed by atoms with E-state index in [4.69, 9.17) is 0 Å². The van der Waals surface area contributed by atoms with Gasteiger partial charge in [-0.3, -0.25) is 0 Å². The fraction of sp³-hybridized carbons (Fsp3) is 0.0476.